The summed E-state index contributed by atoms with van der Waals surface area (Å²) in [5, 5.41) is 6.74. The van der Waals surface area contributed by atoms with Crippen LogP contribution in [0.2, 0.25) is 0 Å². The maximum Gasteiger partial charge on any atom is 0.191 e. The first kappa shape index (κ1) is 20.9. The summed E-state index contributed by atoms with van der Waals surface area (Å²) in [5.74, 6) is 1.16. The summed E-state index contributed by atoms with van der Waals surface area (Å²) in [5.41, 5.74) is 2.66. The van der Waals surface area contributed by atoms with Crippen LogP contribution < -0.4 is 10.6 Å². The molecule has 27 heavy (non-hydrogen) atoms. The van der Waals surface area contributed by atoms with Crippen LogP contribution in [0, 0.1) is 0 Å². The van der Waals surface area contributed by atoms with Crippen LogP contribution >= 0.6 is 0 Å². The number of guanidine groups is 1. The van der Waals surface area contributed by atoms with Gasteiger partial charge in [0.25, 0.3) is 0 Å². The lowest BCUT2D eigenvalue weighted by Gasteiger charge is -2.20. The summed E-state index contributed by atoms with van der Waals surface area (Å²) < 4.78 is 10.4. The zero-order valence-corrected chi connectivity index (χ0v) is 16.4. The Bertz CT molecular complexity index is 647. The molecule has 0 aliphatic heterocycles. The zero-order chi connectivity index (χ0) is 19.2. The molecule has 2 aromatic rings. The predicted octanol–water partition coefficient (Wildman–Crippen LogP) is 2.84. The average Bonchev–Trinajstić information content (AvgIpc) is 2.73. The van der Waals surface area contributed by atoms with Crippen molar-refractivity contribution in [2.24, 2.45) is 4.99 Å². The van der Waals surface area contributed by atoms with Crippen LogP contribution in [-0.2, 0) is 15.9 Å². The molecule has 0 aliphatic rings. The van der Waals surface area contributed by atoms with Crippen LogP contribution in [0.15, 0.2) is 65.7 Å². The molecule has 0 heterocycles. The van der Waals surface area contributed by atoms with Gasteiger partial charge in [-0.2, -0.15) is 0 Å². The van der Waals surface area contributed by atoms with Crippen LogP contribution in [0.1, 0.15) is 17.0 Å². The van der Waals surface area contributed by atoms with Gasteiger partial charge in [-0.25, -0.2) is 0 Å². The summed E-state index contributed by atoms with van der Waals surface area (Å²) in [6.45, 7) is 3.36. The molecule has 2 aromatic carbocycles. The van der Waals surface area contributed by atoms with Gasteiger partial charge < -0.3 is 20.1 Å². The highest BCUT2D eigenvalue weighted by Crippen LogP contribution is 2.20. The van der Waals surface area contributed by atoms with Crippen LogP contribution in [0.3, 0.4) is 0 Å². The predicted molar refractivity (Wildman–Crippen MR) is 111 cm³/mol. The number of nitrogens with one attached hydrogen (secondary N) is 2. The molecule has 1 atom stereocenters. The Morgan fingerprint density at radius 1 is 0.926 bits per heavy atom. The molecule has 0 bridgehead atoms. The zero-order valence-electron chi connectivity index (χ0n) is 16.4. The molecule has 0 aromatic heterocycles. The fraction of sp³-hybridized carbons (Fsp3) is 0.409. The van der Waals surface area contributed by atoms with Gasteiger partial charge in [0.05, 0.1) is 19.8 Å². The molecule has 0 fully saturated rings. The van der Waals surface area contributed by atoms with Crippen molar-refractivity contribution >= 4 is 5.96 Å². The molecular formula is C22H31N3O2. The lowest BCUT2D eigenvalue weighted by Crippen LogP contribution is -2.41. The summed E-state index contributed by atoms with van der Waals surface area (Å²) in [6.07, 6.45) is 0.981. The Kier molecular flexibility index (Phi) is 10.0. The lowest BCUT2D eigenvalue weighted by molar-refractivity contribution is 0.0733. The van der Waals surface area contributed by atoms with Crippen molar-refractivity contribution in [3.8, 4) is 0 Å². The fourth-order valence-corrected chi connectivity index (χ4v) is 2.86. The number of aliphatic imine (C=N–C) groups is 1. The summed E-state index contributed by atoms with van der Waals surface area (Å²) in [4.78, 5) is 4.31. The van der Waals surface area contributed by atoms with Gasteiger partial charge in [0, 0.05) is 33.2 Å². The number of rotatable bonds is 11. The second kappa shape index (κ2) is 12.9. The SMILES string of the molecule is CN=C(NCCOCCOC)NCC(Cc1ccccc1)c1ccccc1. The van der Waals surface area contributed by atoms with E-state index >= 15 is 0 Å². The second-order valence-corrected chi connectivity index (χ2v) is 6.28. The van der Waals surface area contributed by atoms with E-state index in [0.29, 0.717) is 32.3 Å². The monoisotopic (exact) mass is 369 g/mol. The Hall–Kier alpha value is -2.37. The third-order valence-corrected chi connectivity index (χ3v) is 4.31. The van der Waals surface area contributed by atoms with Gasteiger partial charge in [-0.1, -0.05) is 60.7 Å². The highest BCUT2D eigenvalue weighted by Gasteiger charge is 2.13. The minimum absolute atomic E-state index is 0.366. The molecule has 5 heteroatoms. The van der Waals surface area contributed by atoms with Crippen LogP contribution in [0.5, 0.6) is 0 Å². The van der Waals surface area contributed by atoms with E-state index < -0.39 is 0 Å². The van der Waals surface area contributed by atoms with Crippen molar-refractivity contribution in [2.45, 2.75) is 12.3 Å². The van der Waals surface area contributed by atoms with Gasteiger partial charge in [-0.05, 0) is 17.5 Å². The molecule has 0 saturated carbocycles. The number of hydrogen-bond acceptors (Lipinski definition) is 3. The first-order valence-corrected chi connectivity index (χ1v) is 9.43. The normalized spacial score (nSPS) is 12.6. The minimum atomic E-state index is 0.366. The van der Waals surface area contributed by atoms with E-state index in [9.17, 15) is 0 Å². The molecule has 146 valence electrons. The Morgan fingerprint density at radius 3 is 2.30 bits per heavy atom. The first-order chi connectivity index (χ1) is 13.3. The topological polar surface area (TPSA) is 54.9 Å². The molecule has 0 radical (unpaired) electrons. The van der Waals surface area contributed by atoms with E-state index in [0.717, 1.165) is 18.9 Å². The van der Waals surface area contributed by atoms with Gasteiger partial charge in [-0.15, -0.1) is 0 Å². The summed E-state index contributed by atoms with van der Waals surface area (Å²) in [6, 6.07) is 21.2. The van der Waals surface area contributed by atoms with Crippen LogP contribution in [0.4, 0.5) is 0 Å². The minimum Gasteiger partial charge on any atom is -0.382 e. The molecule has 0 aliphatic carbocycles. The van der Waals surface area contributed by atoms with Crippen molar-refractivity contribution in [1.82, 2.24) is 10.6 Å². The van der Waals surface area contributed by atoms with Gasteiger partial charge in [-0.3, -0.25) is 4.99 Å². The highest BCUT2D eigenvalue weighted by molar-refractivity contribution is 5.79. The van der Waals surface area contributed by atoms with E-state index in [4.69, 9.17) is 9.47 Å². The van der Waals surface area contributed by atoms with Gasteiger partial charge >= 0.3 is 0 Å². The Morgan fingerprint density at radius 2 is 1.63 bits per heavy atom. The Balaban J connectivity index is 1.86. The molecule has 5 nitrogen and oxygen atoms in total. The van der Waals surface area contributed by atoms with Crippen molar-refractivity contribution < 1.29 is 9.47 Å². The molecule has 2 N–H and O–H groups in total. The third-order valence-electron chi connectivity index (χ3n) is 4.31. The quantitative estimate of drug-likeness (QED) is 0.363. The molecule has 0 amide bonds. The van der Waals surface area contributed by atoms with Crippen LogP contribution in [0.25, 0.3) is 0 Å². The number of benzene rings is 2. The van der Waals surface area contributed by atoms with E-state index in [-0.39, 0.29) is 0 Å². The number of nitrogens with zero attached hydrogens (tertiary/aromatic N) is 1. The fourth-order valence-electron chi connectivity index (χ4n) is 2.86. The van der Waals surface area contributed by atoms with Crippen molar-refractivity contribution in [2.75, 3.05) is 47.1 Å². The molecular weight excluding hydrogens is 338 g/mol. The number of hydrogen-bond donors (Lipinski definition) is 2. The van der Waals surface area contributed by atoms with Gasteiger partial charge in [0.1, 0.15) is 0 Å². The van der Waals surface area contributed by atoms with Gasteiger partial charge in [0.2, 0.25) is 0 Å². The smallest absolute Gasteiger partial charge is 0.191 e. The van der Waals surface area contributed by atoms with Crippen molar-refractivity contribution in [1.29, 1.82) is 0 Å². The van der Waals surface area contributed by atoms with Crippen LogP contribution in [-0.4, -0.2) is 53.0 Å². The van der Waals surface area contributed by atoms with Crippen molar-refractivity contribution in [3.63, 3.8) is 0 Å². The van der Waals surface area contributed by atoms with Gasteiger partial charge in [0.15, 0.2) is 5.96 Å². The maximum atomic E-state index is 5.47. The highest BCUT2D eigenvalue weighted by atomic mass is 16.5. The summed E-state index contributed by atoms with van der Waals surface area (Å²) in [7, 11) is 3.46. The lowest BCUT2D eigenvalue weighted by atomic mass is 9.92. The van der Waals surface area contributed by atoms with E-state index in [1.807, 2.05) is 0 Å². The molecule has 0 saturated heterocycles. The number of methoxy groups -OCH3 is 1. The van der Waals surface area contributed by atoms with E-state index in [1.54, 1.807) is 14.2 Å². The molecule has 1 unspecified atom stereocenters. The average molecular weight is 370 g/mol. The molecule has 0 spiro atoms. The standard InChI is InChI=1S/C22H31N3O2/c1-23-22(24-13-14-27-16-15-26-2)25-18-21(20-11-7-4-8-12-20)17-19-9-5-3-6-10-19/h3-12,21H,13-18H2,1-2H3,(H2,23,24,25). The first-order valence-electron chi connectivity index (χ1n) is 9.43. The van der Waals surface area contributed by atoms with Crippen molar-refractivity contribution in [3.05, 3.63) is 71.8 Å². The summed E-state index contributed by atoms with van der Waals surface area (Å²) >= 11 is 0. The largest absolute Gasteiger partial charge is 0.382 e. The second-order valence-electron chi connectivity index (χ2n) is 6.28. The number of ether oxygens (including phenoxy) is 2. The van der Waals surface area contributed by atoms with E-state index in [1.165, 1.54) is 11.1 Å². The Labute approximate surface area is 162 Å². The third kappa shape index (κ3) is 8.24. The maximum absolute atomic E-state index is 5.47. The molecule has 2 rings (SSSR count). The van der Waals surface area contributed by atoms with E-state index in [2.05, 4.69) is 76.3 Å².